The topological polar surface area (TPSA) is 3.24 Å². The standard InChI is InChI=1S/C11H19N/c1-4-5-8-12(9-10(2)3)11-6-7-11/h1,10-11H,5-9H2,2-3H3. The highest BCUT2D eigenvalue weighted by Crippen LogP contribution is 2.27. The zero-order valence-electron chi connectivity index (χ0n) is 8.21. The zero-order valence-corrected chi connectivity index (χ0v) is 8.21. The van der Waals surface area contributed by atoms with Gasteiger partial charge in [0.1, 0.15) is 0 Å². The maximum atomic E-state index is 5.25. The Morgan fingerprint density at radius 3 is 2.58 bits per heavy atom. The van der Waals surface area contributed by atoms with Gasteiger partial charge in [0.2, 0.25) is 0 Å². The molecule has 0 aromatic carbocycles. The van der Waals surface area contributed by atoms with E-state index in [9.17, 15) is 0 Å². The Kier molecular flexibility index (Phi) is 3.62. The SMILES string of the molecule is C#CCCN(CC(C)C)C1CC1. The minimum absolute atomic E-state index is 0.767. The third-order valence-corrected chi connectivity index (χ3v) is 2.21. The minimum Gasteiger partial charge on any atom is -0.299 e. The number of hydrogen-bond donors (Lipinski definition) is 0. The molecule has 0 N–H and O–H groups in total. The van der Waals surface area contributed by atoms with Crippen molar-refractivity contribution in [2.75, 3.05) is 13.1 Å². The first kappa shape index (κ1) is 9.61. The molecule has 0 aromatic heterocycles. The van der Waals surface area contributed by atoms with Gasteiger partial charge in [0.15, 0.2) is 0 Å². The van der Waals surface area contributed by atoms with Crippen LogP contribution in [-0.4, -0.2) is 24.0 Å². The van der Waals surface area contributed by atoms with Gasteiger partial charge in [-0.1, -0.05) is 13.8 Å². The maximum Gasteiger partial charge on any atom is 0.0214 e. The van der Waals surface area contributed by atoms with Crippen LogP contribution in [0.15, 0.2) is 0 Å². The van der Waals surface area contributed by atoms with Gasteiger partial charge in [-0.15, -0.1) is 12.3 Å². The molecule has 68 valence electrons. The predicted octanol–water partition coefficient (Wildman–Crippen LogP) is 2.13. The second-order valence-corrected chi connectivity index (χ2v) is 4.07. The van der Waals surface area contributed by atoms with E-state index in [2.05, 4.69) is 24.7 Å². The lowest BCUT2D eigenvalue weighted by Gasteiger charge is -2.22. The van der Waals surface area contributed by atoms with E-state index in [1.54, 1.807) is 0 Å². The first-order valence-electron chi connectivity index (χ1n) is 4.91. The van der Waals surface area contributed by atoms with E-state index < -0.39 is 0 Å². The second-order valence-electron chi connectivity index (χ2n) is 4.07. The molecule has 1 fully saturated rings. The molecule has 0 spiro atoms. The number of nitrogens with zero attached hydrogens (tertiary/aromatic N) is 1. The largest absolute Gasteiger partial charge is 0.299 e. The molecular weight excluding hydrogens is 146 g/mol. The van der Waals surface area contributed by atoms with Crippen LogP contribution in [0.1, 0.15) is 33.1 Å². The Morgan fingerprint density at radius 2 is 2.17 bits per heavy atom. The van der Waals surface area contributed by atoms with Crippen LogP contribution >= 0.6 is 0 Å². The summed E-state index contributed by atoms with van der Waals surface area (Å²) in [5, 5.41) is 0. The molecule has 0 radical (unpaired) electrons. The monoisotopic (exact) mass is 165 g/mol. The lowest BCUT2D eigenvalue weighted by molar-refractivity contribution is 0.240. The van der Waals surface area contributed by atoms with Gasteiger partial charge in [-0.3, -0.25) is 4.90 Å². The van der Waals surface area contributed by atoms with Crippen molar-refractivity contribution in [1.29, 1.82) is 0 Å². The summed E-state index contributed by atoms with van der Waals surface area (Å²) < 4.78 is 0. The van der Waals surface area contributed by atoms with E-state index in [1.807, 2.05) is 0 Å². The third-order valence-electron chi connectivity index (χ3n) is 2.21. The van der Waals surface area contributed by atoms with Crippen molar-refractivity contribution in [3.05, 3.63) is 0 Å². The molecular formula is C11H19N. The molecule has 0 aromatic rings. The smallest absolute Gasteiger partial charge is 0.0214 e. The first-order chi connectivity index (χ1) is 5.74. The van der Waals surface area contributed by atoms with Crippen molar-refractivity contribution in [1.82, 2.24) is 4.90 Å². The van der Waals surface area contributed by atoms with Crippen LogP contribution in [-0.2, 0) is 0 Å². The fraction of sp³-hybridized carbons (Fsp3) is 0.818. The summed E-state index contributed by atoms with van der Waals surface area (Å²) in [4.78, 5) is 2.55. The quantitative estimate of drug-likeness (QED) is 0.564. The highest BCUT2D eigenvalue weighted by atomic mass is 15.2. The highest BCUT2D eigenvalue weighted by Gasteiger charge is 2.28. The molecule has 1 aliphatic rings. The summed E-state index contributed by atoms with van der Waals surface area (Å²) in [6, 6.07) is 0.862. The Hall–Kier alpha value is -0.480. The first-order valence-corrected chi connectivity index (χ1v) is 4.91. The van der Waals surface area contributed by atoms with Gasteiger partial charge in [0.25, 0.3) is 0 Å². The van der Waals surface area contributed by atoms with E-state index >= 15 is 0 Å². The molecule has 0 heterocycles. The van der Waals surface area contributed by atoms with Crippen LogP contribution in [0.2, 0.25) is 0 Å². The van der Waals surface area contributed by atoms with E-state index in [1.165, 1.54) is 19.4 Å². The van der Waals surface area contributed by atoms with Gasteiger partial charge in [-0.05, 0) is 18.8 Å². The molecule has 0 amide bonds. The Balaban J connectivity index is 2.23. The van der Waals surface area contributed by atoms with Gasteiger partial charge in [0.05, 0.1) is 0 Å². The summed E-state index contributed by atoms with van der Waals surface area (Å²) >= 11 is 0. The van der Waals surface area contributed by atoms with Crippen LogP contribution in [0, 0.1) is 18.3 Å². The Morgan fingerprint density at radius 1 is 1.50 bits per heavy atom. The van der Waals surface area contributed by atoms with Crippen molar-refractivity contribution in [3.63, 3.8) is 0 Å². The molecule has 1 heteroatoms. The fourth-order valence-electron chi connectivity index (χ4n) is 1.54. The van der Waals surface area contributed by atoms with Crippen LogP contribution in [0.3, 0.4) is 0 Å². The minimum atomic E-state index is 0.767. The van der Waals surface area contributed by atoms with Gasteiger partial charge in [-0.25, -0.2) is 0 Å². The zero-order chi connectivity index (χ0) is 8.97. The average Bonchev–Trinajstić information content (AvgIpc) is 2.79. The van der Waals surface area contributed by atoms with E-state index in [-0.39, 0.29) is 0 Å². The molecule has 1 rings (SSSR count). The Labute approximate surface area is 76.1 Å². The van der Waals surface area contributed by atoms with Gasteiger partial charge >= 0.3 is 0 Å². The molecule has 0 atom stereocenters. The van der Waals surface area contributed by atoms with Crippen molar-refractivity contribution >= 4 is 0 Å². The summed E-state index contributed by atoms with van der Waals surface area (Å²) in [7, 11) is 0. The van der Waals surface area contributed by atoms with Crippen LogP contribution < -0.4 is 0 Å². The lowest BCUT2D eigenvalue weighted by Crippen LogP contribution is -2.30. The number of terminal acetylenes is 1. The van der Waals surface area contributed by atoms with Gasteiger partial charge < -0.3 is 0 Å². The normalized spacial score (nSPS) is 16.9. The lowest BCUT2D eigenvalue weighted by atomic mass is 10.2. The average molecular weight is 165 g/mol. The summed E-state index contributed by atoms with van der Waals surface area (Å²) in [5.41, 5.74) is 0. The van der Waals surface area contributed by atoms with Crippen molar-refractivity contribution in [2.45, 2.75) is 39.2 Å². The van der Waals surface area contributed by atoms with E-state index in [0.717, 1.165) is 24.9 Å². The third kappa shape index (κ3) is 3.28. The van der Waals surface area contributed by atoms with Crippen LogP contribution in [0.25, 0.3) is 0 Å². The van der Waals surface area contributed by atoms with Crippen molar-refractivity contribution in [3.8, 4) is 12.3 Å². The highest BCUT2D eigenvalue weighted by molar-refractivity contribution is 4.90. The second kappa shape index (κ2) is 4.52. The van der Waals surface area contributed by atoms with Crippen LogP contribution in [0.4, 0.5) is 0 Å². The van der Waals surface area contributed by atoms with Gasteiger partial charge in [0, 0.05) is 25.6 Å². The molecule has 1 saturated carbocycles. The van der Waals surface area contributed by atoms with Crippen molar-refractivity contribution in [2.24, 2.45) is 5.92 Å². The van der Waals surface area contributed by atoms with Crippen molar-refractivity contribution < 1.29 is 0 Å². The number of rotatable bonds is 5. The predicted molar refractivity (Wildman–Crippen MR) is 52.9 cm³/mol. The van der Waals surface area contributed by atoms with Crippen LogP contribution in [0.5, 0.6) is 0 Å². The fourth-order valence-corrected chi connectivity index (χ4v) is 1.54. The maximum absolute atomic E-state index is 5.25. The summed E-state index contributed by atoms with van der Waals surface area (Å²) in [6.07, 6.45) is 8.93. The van der Waals surface area contributed by atoms with E-state index in [0.29, 0.717) is 0 Å². The molecule has 0 unspecified atom stereocenters. The van der Waals surface area contributed by atoms with Gasteiger partial charge in [-0.2, -0.15) is 0 Å². The number of hydrogen-bond acceptors (Lipinski definition) is 1. The molecule has 0 saturated heterocycles. The Bertz CT molecular complexity index is 162. The molecule has 1 aliphatic carbocycles. The molecule has 1 nitrogen and oxygen atoms in total. The van der Waals surface area contributed by atoms with E-state index in [4.69, 9.17) is 6.42 Å². The molecule has 0 bridgehead atoms. The molecule has 0 aliphatic heterocycles. The molecule has 12 heavy (non-hydrogen) atoms. The summed E-state index contributed by atoms with van der Waals surface area (Å²) in [6.45, 7) is 6.85. The summed E-state index contributed by atoms with van der Waals surface area (Å²) in [5.74, 6) is 3.48.